The molecule has 3 aliphatic rings. The first-order valence-electron chi connectivity index (χ1n) is 12.6. The van der Waals surface area contributed by atoms with E-state index in [9.17, 15) is 22.8 Å². The molecule has 1 aromatic heterocycles. The number of ether oxygens (including phenoxy) is 2. The third-order valence-electron chi connectivity index (χ3n) is 6.71. The number of hydrogen-bond donors (Lipinski definition) is 1. The number of rotatable bonds is 5. The van der Waals surface area contributed by atoms with Gasteiger partial charge in [0, 0.05) is 31.4 Å². The molecular formula is C25H31F3N6O4. The Labute approximate surface area is 217 Å². The Morgan fingerprint density at radius 3 is 2.53 bits per heavy atom. The largest absolute Gasteiger partial charge is 0.444 e. The van der Waals surface area contributed by atoms with Gasteiger partial charge in [-0.3, -0.25) is 19.7 Å². The van der Waals surface area contributed by atoms with Gasteiger partial charge in [0.2, 0.25) is 5.95 Å². The number of hydrogen-bond acceptors (Lipinski definition) is 8. The number of benzene rings is 1. The summed E-state index contributed by atoms with van der Waals surface area (Å²) in [5.74, 6) is 0.353. The molecule has 0 radical (unpaired) electrons. The predicted molar refractivity (Wildman–Crippen MR) is 134 cm³/mol. The summed E-state index contributed by atoms with van der Waals surface area (Å²) < 4.78 is 54.4. The molecule has 0 spiro atoms. The van der Waals surface area contributed by atoms with Crippen LogP contribution in [0, 0.1) is 0 Å². The number of carbonyl (C=O) groups is 1. The molecule has 10 nitrogen and oxygen atoms in total. The highest BCUT2D eigenvalue weighted by atomic mass is 19.4. The standard InChI is InChI=1S/C25H31F3N6O4/c1-24(2,3)38-23(36)29-17-6-4-16(5-7-17)8-10-32-19(25(26,27)28)9-11-33-21(35)12-20(30-22(32)33)34-14-18-13-31(34)15-37-18/h4-7,12,18-19H,8-11,13-15H2,1-3H3,(H,29,36)/t18-,19-/m0/s1. The van der Waals surface area contributed by atoms with Gasteiger partial charge in [0.25, 0.3) is 5.56 Å². The molecular weight excluding hydrogens is 505 g/mol. The van der Waals surface area contributed by atoms with E-state index < -0.39 is 23.9 Å². The summed E-state index contributed by atoms with van der Waals surface area (Å²) in [5, 5.41) is 6.34. The maximum absolute atomic E-state index is 14.1. The van der Waals surface area contributed by atoms with Crippen LogP contribution >= 0.6 is 0 Å². The Morgan fingerprint density at radius 2 is 1.92 bits per heavy atom. The molecule has 1 N–H and O–H groups in total. The number of amides is 1. The summed E-state index contributed by atoms with van der Waals surface area (Å²) in [6.07, 6.45) is -5.04. The number of hydrazine groups is 1. The van der Waals surface area contributed by atoms with E-state index in [4.69, 9.17) is 9.47 Å². The van der Waals surface area contributed by atoms with E-state index in [0.29, 0.717) is 31.3 Å². The monoisotopic (exact) mass is 536 g/mol. The van der Waals surface area contributed by atoms with E-state index in [1.807, 2.05) is 10.0 Å². The number of anilines is 3. The van der Waals surface area contributed by atoms with E-state index in [-0.39, 0.29) is 43.5 Å². The summed E-state index contributed by atoms with van der Waals surface area (Å²) in [6.45, 7) is 6.76. The third kappa shape index (κ3) is 5.58. The van der Waals surface area contributed by atoms with Crippen molar-refractivity contribution < 1.29 is 27.4 Å². The minimum absolute atomic E-state index is 0.00830. The smallest absolute Gasteiger partial charge is 0.412 e. The highest BCUT2D eigenvalue weighted by molar-refractivity contribution is 5.84. The van der Waals surface area contributed by atoms with Crippen molar-refractivity contribution in [2.24, 2.45) is 0 Å². The molecule has 4 heterocycles. The van der Waals surface area contributed by atoms with Crippen LogP contribution in [-0.2, 0) is 22.4 Å². The highest BCUT2D eigenvalue weighted by Crippen LogP contribution is 2.35. The predicted octanol–water partition coefficient (Wildman–Crippen LogP) is 3.37. The molecule has 1 amide bonds. The van der Waals surface area contributed by atoms with Crippen LogP contribution < -0.4 is 20.8 Å². The molecule has 3 aliphatic heterocycles. The molecule has 0 saturated carbocycles. The fourth-order valence-corrected chi connectivity index (χ4v) is 4.97. The number of carbonyl (C=O) groups excluding carboxylic acids is 1. The van der Waals surface area contributed by atoms with E-state index in [0.717, 1.165) is 5.56 Å². The molecule has 2 fully saturated rings. The number of halogens is 3. The summed E-state index contributed by atoms with van der Waals surface area (Å²) in [6, 6.07) is 6.45. The van der Waals surface area contributed by atoms with Gasteiger partial charge in [-0.2, -0.15) is 23.2 Å². The summed E-state index contributed by atoms with van der Waals surface area (Å²) in [4.78, 5) is 30.7. The maximum atomic E-state index is 14.1. The lowest BCUT2D eigenvalue weighted by Crippen LogP contribution is -2.53. The average Bonchev–Trinajstić information content (AvgIpc) is 3.45. The first-order valence-corrected chi connectivity index (χ1v) is 12.6. The van der Waals surface area contributed by atoms with Crippen LogP contribution in [0.1, 0.15) is 32.8 Å². The van der Waals surface area contributed by atoms with Crippen molar-refractivity contribution in [3.8, 4) is 0 Å². The molecule has 5 rings (SSSR count). The zero-order valence-electron chi connectivity index (χ0n) is 21.5. The number of nitrogens with one attached hydrogen (secondary N) is 1. The van der Waals surface area contributed by atoms with Crippen molar-refractivity contribution >= 4 is 23.5 Å². The van der Waals surface area contributed by atoms with Gasteiger partial charge in [-0.25, -0.2) is 4.79 Å². The van der Waals surface area contributed by atoms with Crippen LogP contribution in [0.2, 0.25) is 0 Å². The van der Waals surface area contributed by atoms with Gasteiger partial charge in [-0.05, 0) is 51.3 Å². The van der Waals surface area contributed by atoms with Crippen molar-refractivity contribution in [3.05, 3.63) is 46.2 Å². The van der Waals surface area contributed by atoms with E-state index in [1.54, 1.807) is 45.0 Å². The van der Waals surface area contributed by atoms with Crippen LogP contribution in [0.25, 0.3) is 0 Å². The SMILES string of the molecule is CC(C)(C)OC(=O)Nc1ccc(CCN2c3nc(N4C[C@@H]5CN4CO5)cc(=O)n3CC[C@H]2C(F)(F)F)cc1. The number of fused-ring (bicyclic) bond motifs is 3. The Kier molecular flexibility index (Phi) is 6.76. The van der Waals surface area contributed by atoms with Crippen molar-refractivity contribution in [3.63, 3.8) is 0 Å². The lowest BCUT2D eigenvalue weighted by atomic mass is 10.1. The molecule has 206 valence electrons. The second kappa shape index (κ2) is 9.77. The van der Waals surface area contributed by atoms with Gasteiger partial charge < -0.3 is 14.4 Å². The first-order chi connectivity index (χ1) is 17.9. The molecule has 2 saturated heterocycles. The van der Waals surface area contributed by atoms with Crippen molar-refractivity contribution in [2.45, 2.75) is 64.1 Å². The molecule has 1 aromatic carbocycles. The van der Waals surface area contributed by atoms with Gasteiger partial charge in [0.1, 0.15) is 18.4 Å². The number of nitrogens with zero attached hydrogens (tertiary/aromatic N) is 5. The summed E-state index contributed by atoms with van der Waals surface area (Å²) >= 11 is 0. The quantitative estimate of drug-likeness (QED) is 0.622. The van der Waals surface area contributed by atoms with Crippen LogP contribution in [-0.4, -0.2) is 70.9 Å². The fourth-order valence-electron chi connectivity index (χ4n) is 4.97. The van der Waals surface area contributed by atoms with E-state index in [2.05, 4.69) is 10.3 Å². The average molecular weight is 537 g/mol. The molecule has 2 aromatic rings. The van der Waals surface area contributed by atoms with Crippen molar-refractivity contribution in [1.82, 2.24) is 14.6 Å². The zero-order valence-corrected chi connectivity index (χ0v) is 21.5. The topological polar surface area (TPSA) is 92.2 Å². The molecule has 1 unspecified atom stereocenters. The summed E-state index contributed by atoms with van der Waals surface area (Å²) in [7, 11) is 0. The fraction of sp³-hybridized carbons (Fsp3) is 0.560. The van der Waals surface area contributed by atoms with Gasteiger partial charge in [-0.1, -0.05) is 12.1 Å². The number of alkyl halides is 3. The molecule has 13 heteroatoms. The molecule has 0 aliphatic carbocycles. The second-order valence-corrected chi connectivity index (χ2v) is 10.7. The van der Waals surface area contributed by atoms with Gasteiger partial charge in [-0.15, -0.1) is 0 Å². The molecule has 2 bridgehead atoms. The van der Waals surface area contributed by atoms with Crippen molar-refractivity contribution in [1.29, 1.82) is 0 Å². The first kappa shape index (κ1) is 26.3. The third-order valence-corrected chi connectivity index (χ3v) is 6.71. The second-order valence-electron chi connectivity index (χ2n) is 10.7. The van der Waals surface area contributed by atoms with Gasteiger partial charge in [0.15, 0.2) is 5.82 Å². The van der Waals surface area contributed by atoms with Gasteiger partial charge in [0.05, 0.1) is 12.6 Å². The Morgan fingerprint density at radius 1 is 1.18 bits per heavy atom. The van der Waals surface area contributed by atoms with Crippen LogP contribution in [0.15, 0.2) is 35.1 Å². The summed E-state index contributed by atoms with van der Waals surface area (Å²) in [5.41, 5.74) is 0.268. The van der Waals surface area contributed by atoms with Crippen LogP contribution in [0.4, 0.5) is 35.4 Å². The minimum Gasteiger partial charge on any atom is -0.444 e. The van der Waals surface area contributed by atoms with Gasteiger partial charge >= 0.3 is 12.3 Å². The van der Waals surface area contributed by atoms with E-state index >= 15 is 0 Å². The minimum atomic E-state index is -4.48. The molecule has 3 atom stereocenters. The number of aromatic nitrogens is 2. The van der Waals surface area contributed by atoms with Crippen molar-refractivity contribution in [2.75, 3.05) is 41.6 Å². The lowest BCUT2D eigenvalue weighted by molar-refractivity contribution is -0.152. The highest BCUT2D eigenvalue weighted by Gasteiger charge is 2.47. The Hall–Kier alpha value is -3.32. The lowest BCUT2D eigenvalue weighted by Gasteiger charge is -2.40. The zero-order chi connectivity index (χ0) is 27.2. The normalized spacial score (nSPS) is 22.9. The van der Waals surface area contributed by atoms with Crippen LogP contribution in [0.3, 0.4) is 0 Å². The Bertz CT molecular complexity index is 1240. The van der Waals surface area contributed by atoms with Crippen LogP contribution in [0.5, 0.6) is 0 Å². The van der Waals surface area contributed by atoms with E-state index in [1.165, 1.54) is 15.5 Å². The Balaban J connectivity index is 1.35. The maximum Gasteiger partial charge on any atom is 0.412 e. The molecule has 38 heavy (non-hydrogen) atoms.